The molecule has 1 unspecified atom stereocenters. The summed E-state index contributed by atoms with van der Waals surface area (Å²) >= 11 is 0. The van der Waals surface area contributed by atoms with Crippen molar-refractivity contribution in [3.05, 3.63) is 0 Å². The van der Waals surface area contributed by atoms with Gasteiger partial charge in [0, 0.05) is 0 Å². The zero-order chi connectivity index (χ0) is 18.8. The fourth-order valence-electron chi connectivity index (χ4n) is 3.56. The minimum atomic E-state index is -0.645. The van der Waals surface area contributed by atoms with E-state index in [0.717, 1.165) is 25.9 Å². The SMILES string of the molecule is CCCCCCCCCN(CCCCCCCCC)C(CC)C(=O)O. The van der Waals surface area contributed by atoms with Crippen molar-refractivity contribution in [2.24, 2.45) is 0 Å². The number of carboxylic acids is 1. The van der Waals surface area contributed by atoms with Crippen LogP contribution in [0.5, 0.6) is 0 Å². The third-order valence-electron chi connectivity index (χ3n) is 5.21. The van der Waals surface area contributed by atoms with Gasteiger partial charge in [-0.05, 0) is 32.4 Å². The topological polar surface area (TPSA) is 40.5 Å². The summed E-state index contributed by atoms with van der Waals surface area (Å²) < 4.78 is 0. The highest BCUT2D eigenvalue weighted by molar-refractivity contribution is 5.73. The van der Waals surface area contributed by atoms with E-state index >= 15 is 0 Å². The maximum absolute atomic E-state index is 11.5. The highest BCUT2D eigenvalue weighted by Crippen LogP contribution is 2.13. The average molecular weight is 356 g/mol. The molecule has 1 N–H and O–H groups in total. The number of unbranched alkanes of at least 4 members (excludes halogenated alkanes) is 12. The summed E-state index contributed by atoms with van der Waals surface area (Å²) in [7, 11) is 0. The molecule has 0 aromatic carbocycles. The second kappa shape index (κ2) is 18.2. The molecule has 0 saturated heterocycles. The molecule has 25 heavy (non-hydrogen) atoms. The first-order valence-electron chi connectivity index (χ1n) is 11.1. The van der Waals surface area contributed by atoms with Gasteiger partial charge in [-0.15, -0.1) is 0 Å². The summed E-state index contributed by atoms with van der Waals surface area (Å²) in [5.41, 5.74) is 0. The minimum absolute atomic E-state index is 0.291. The van der Waals surface area contributed by atoms with Gasteiger partial charge in [0.05, 0.1) is 0 Å². The molecular formula is C22H45NO2. The Morgan fingerprint density at radius 2 is 1.04 bits per heavy atom. The average Bonchev–Trinajstić information content (AvgIpc) is 2.59. The van der Waals surface area contributed by atoms with E-state index in [1.165, 1.54) is 77.0 Å². The second-order valence-corrected chi connectivity index (χ2v) is 7.54. The van der Waals surface area contributed by atoms with Crippen molar-refractivity contribution in [1.82, 2.24) is 4.90 Å². The van der Waals surface area contributed by atoms with Crippen LogP contribution in [0, 0.1) is 0 Å². The van der Waals surface area contributed by atoms with E-state index in [0.29, 0.717) is 6.42 Å². The van der Waals surface area contributed by atoms with Gasteiger partial charge in [-0.1, -0.05) is 97.8 Å². The van der Waals surface area contributed by atoms with Crippen LogP contribution in [0.2, 0.25) is 0 Å². The molecule has 0 bridgehead atoms. The number of carbonyl (C=O) groups is 1. The molecule has 0 fully saturated rings. The molecule has 0 amide bonds. The van der Waals surface area contributed by atoms with Gasteiger partial charge in [0.1, 0.15) is 6.04 Å². The molecule has 0 saturated carbocycles. The van der Waals surface area contributed by atoms with E-state index in [1.54, 1.807) is 0 Å². The lowest BCUT2D eigenvalue weighted by molar-refractivity contribution is -0.143. The van der Waals surface area contributed by atoms with Crippen LogP contribution in [0.1, 0.15) is 117 Å². The second-order valence-electron chi connectivity index (χ2n) is 7.54. The van der Waals surface area contributed by atoms with Gasteiger partial charge in [0.15, 0.2) is 0 Å². The number of carboxylic acid groups (broad SMARTS) is 1. The zero-order valence-corrected chi connectivity index (χ0v) is 17.4. The Morgan fingerprint density at radius 3 is 1.36 bits per heavy atom. The van der Waals surface area contributed by atoms with E-state index in [1.807, 2.05) is 6.92 Å². The predicted molar refractivity (Wildman–Crippen MR) is 109 cm³/mol. The molecule has 150 valence electrons. The molecule has 0 aliphatic rings. The lowest BCUT2D eigenvalue weighted by Gasteiger charge is -2.28. The summed E-state index contributed by atoms with van der Waals surface area (Å²) in [5.74, 6) is -0.645. The van der Waals surface area contributed by atoms with Crippen molar-refractivity contribution in [1.29, 1.82) is 0 Å². The summed E-state index contributed by atoms with van der Waals surface area (Å²) in [6, 6.07) is -0.291. The van der Waals surface area contributed by atoms with Crippen molar-refractivity contribution < 1.29 is 9.90 Å². The first-order valence-corrected chi connectivity index (χ1v) is 11.1. The van der Waals surface area contributed by atoms with Crippen molar-refractivity contribution in [3.8, 4) is 0 Å². The molecule has 0 rings (SSSR count). The van der Waals surface area contributed by atoms with E-state index in [2.05, 4.69) is 18.7 Å². The Bertz CT molecular complexity index is 276. The van der Waals surface area contributed by atoms with Gasteiger partial charge in [-0.3, -0.25) is 9.69 Å². The lowest BCUT2D eigenvalue weighted by atomic mass is 10.1. The Hall–Kier alpha value is -0.570. The van der Waals surface area contributed by atoms with E-state index < -0.39 is 5.97 Å². The van der Waals surface area contributed by atoms with Crippen molar-refractivity contribution in [2.45, 2.75) is 123 Å². The Kier molecular flexibility index (Phi) is 17.8. The van der Waals surface area contributed by atoms with Gasteiger partial charge >= 0.3 is 5.97 Å². The summed E-state index contributed by atoms with van der Waals surface area (Å²) in [4.78, 5) is 13.8. The maximum Gasteiger partial charge on any atom is 0.320 e. The monoisotopic (exact) mass is 355 g/mol. The maximum atomic E-state index is 11.5. The molecule has 3 nitrogen and oxygen atoms in total. The third-order valence-corrected chi connectivity index (χ3v) is 5.21. The quantitative estimate of drug-likeness (QED) is 0.264. The molecule has 0 spiro atoms. The largest absolute Gasteiger partial charge is 0.480 e. The Morgan fingerprint density at radius 1 is 0.680 bits per heavy atom. The van der Waals surface area contributed by atoms with Crippen LogP contribution in [0.3, 0.4) is 0 Å². The summed E-state index contributed by atoms with van der Waals surface area (Å²) in [6.45, 7) is 8.40. The van der Waals surface area contributed by atoms with E-state index in [-0.39, 0.29) is 6.04 Å². The third kappa shape index (κ3) is 14.3. The first-order chi connectivity index (χ1) is 12.2. The zero-order valence-electron chi connectivity index (χ0n) is 17.4. The van der Waals surface area contributed by atoms with Crippen LogP contribution in [0.4, 0.5) is 0 Å². The standard InChI is InChI=1S/C22H45NO2/c1-4-7-9-11-13-15-17-19-23(21(6-3)22(24)25)20-18-16-14-12-10-8-5-2/h21H,4-20H2,1-3H3,(H,24,25). The molecule has 3 heteroatoms. The highest BCUT2D eigenvalue weighted by Gasteiger charge is 2.22. The number of nitrogens with zero attached hydrogens (tertiary/aromatic N) is 1. The van der Waals surface area contributed by atoms with Crippen molar-refractivity contribution in [2.75, 3.05) is 13.1 Å². The molecule has 0 heterocycles. The van der Waals surface area contributed by atoms with Crippen LogP contribution in [-0.4, -0.2) is 35.1 Å². The molecule has 0 aliphatic carbocycles. The summed E-state index contributed by atoms with van der Waals surface area (Å²) in [5, 5.41) is 9.50. The Labute approximate surface area is 157 Å². The van der Waals surface area contributed by atoms with Gasteiger partial charge in [-0.25, -0.2) is 0 Å². The van der Waals surface area contributed by atoms with E-state index in [9.17, 15) is 9.90 Å². The fraction of sp³-hybridized carbons (Fsp3) is 0.955. The normalized spacial score (nSPS) is 12.6. The first kappa shape index (κ1) is 24.4. The molecular weight excluding hydrogens is 310 g/mol. The van der Waals surface area contributed by atoms with Gasteiger partial charge in [0.25, 0.3) is 0 Å². The van der Waals surface area contributed by atoms with Crippen LogP contribution in [0.25, 0.3) is 0 Å². The Balaban J connectivity index is 4.01. The van der Waals surface area contributed by atoms with Crippen molar-refractivity contribution >= 4 is 5.97 Å². The fourth-order valence-corrected chi connectivity index (χ4v) is 3.56. The predicted octanol–water partition coefficient (Wildman–Crippen LogP) is 6.65. The number of rotatable bonds is 19. The van der Waals surface area contributed by atoms with Gasteiger partial charge in [-0.2, -0.15) is 0 Å². The molecule has 0 aromatic heterocycles. The highest BCUT2D eigenvalue weighted by atomic mass is 16.4. The van der Waals surface area contributed by atoms with Crippen LogP contribution in [0.15, 0.2) is 0 Å². The number of hydrogen-bond donors (Lipinski definition) is 1. The molecule has 0 radical (unpaired) electrons. The van der Waals surface area contributed by atoms with Gasteiger partial charge in [0.2, 0.25) is 0 Å². The summed E-state index contributed by atoms with van der Waals surface area (Å²) in [6.07, 6.45) is 18.7. The number of hydrogen-bond acceptors (Lipinski definition) is 2. The smallest absolute Gasteiger partial charge is 0.320 e. The molecule has 1 atom stereocenters. The van der Waals surface area contributed by atoms with Crippen LogP contribution >= 0.6 is 0 Å². The van der Waals surface area contributed by atoms with E-state index in [4.69, 9.17) is 0 Å². The lowest BCUT2D eigenvalue weighted by Crippen LogP contribution is -2.42. The molecule has 0 aliphatic heterocycles. The number of aliphatic carboxylic acids is 1. The van der Waals surface area contributed by atoms with Gasteiger partial charge < -0.3 is 5.11 Å². The minimum Gasteiger partial charge on any atom is -0.480 e. The van der Waals surface area contributed by atoms with Crippen LogP contribution in [-0.2, 0) is 4.79 Å². The molecule has 0 aromatic rings. The van der Waals surface area contributed by atoms with Crippen LogP contribution < -0.4 is 0 Å². The van der Waals surface area contributed by atoms with Crippen molar-refractivity contribution in [3.63, 3.8) is 0 Å².